The predicted molar refractivity (Wildman–Crippen MR) is 95.2 cm³/mol. The van der Waals surface area contributed by atoms with Crippen molar-refractivity contribution in [2.24, 2.45) is 0 Å². The molecule has 1 aromatic carbocycles. The lowest BCUT2D eigenvalue weighted by Gasteiger charge is -2.13. The molecule has 1 N–H and O–H groups in total. The van der Waals surface area contributed by atoms with Crippen LogP contribution in [-0.2, 0) is 17.4 Å². The number of nitrogens with zero attached hydrogens (tertiary/aromatic N) is 3. The number of carbonyl (C=O) groups is 1. The standard InChI is InChI=1S/C19H17F3N4O/c1-23-15-10-13(5-4-11(15)8-9-27)26-17(12-2-3-12)24-14-6-7-16(19(20,21)22)25-18(14)26/h4-7,9-10,12,23H,2-3,8H2,1H3. The van der Waals surface area contributed by atoms with Gasteiger partial charge in [0, 0.05) is 25.1 Å². The van der Waals surface area contributed by atoms with Gasteiger partial charge in [0.2, 0.25) is 0 Å². The summed E-state index contributed by atoms with van der Waals surface area (Å²) in [4.78, 5) is 19.3. The van der Waals surface area contributed by atoms with Crippen LogP contribution in [-0.4, -0.2) is 27.9 Å². The number of fused-ring (bicyclic) bond motifs is 1. The van der Waals surface area contributed by atoms with Crippen molar-refractivity contribution in [3.63, 3.8) is 0 Å². The van der Waals surface area contributed by atoms with Crippen LogP contribution >= 0.6 is 0 Å². The summed E-state index contributed by atoms with van der Waals surface area (Å²) in [5, 5.41) is 3.04. The summed E-state index contributed by atoms with van der Waals surface area (Å²) in [6.45, 7) is 0. The van der Waals surface area contributed by atoms with Crippen molar-refractivity contribution in [3.05, 3.63) is 47.4 Å². The molecule has 27 heavy (non-hydrogen) atoms. The van der Waals surface area contributed by atoms with Crippen LogP contribution in [0.5, 0.6) is 0 Å². The molecule has 1 aliphatic rings. The number of hydrogen-bond acceptors (Lipinski definition) is 4. The van der Waals surface area contributed by atoms with E-state index in [0.717, 1.165) is 42.3 Å². The van der Waals surface area contributed by atoms with Crippen LogP contribution in [0.2, 0.25) is 0 Å². The molecular weight excluding hydrogens is 357 g/mol. The van der Waals surface area contributed by atoms with Gasteiger partial charge in [-0.25, -0.2) is 9.97 Å². The lowest BCUT2D eigenvalue weighted by Crippen LogP contribution is -2.09. The first-order valence-corrected chi connectivity index (χ1v) is 8.63. The van der Waals surface area contributed by atoms with Gasteiger partial charge < -0.3 is 10.1 Å². The smallest absolute Gasteiger partial charge is 0.388 e. The van der Waals surface area contributed by atoms with Gasteiger partial charge in [0.15, 0.2) is 5.65 Å². The highest BCUT2D eigenvalue weighted by atomic mass is 19.4. The second-order valence-corrected chi connectivity index (χ2v) is 6.58. The molecule has 0 amide bonds. The highest BCUT2D eigenvalue weighted by molar-refractivity contribution is 5.76. The summed E-state index contributed by atoms with van der Waals surface area (Å²) in [5.41, 5.74) is 1.92. The van der Waals surface area contributed by atoms with Gasteiger partial charge in [0.05, 0.1) is 5.69 Å². The van der Waals surface area contributed by atoms with Gasteiger partial charge in [-0.05, 0) is 42.7 Å². The molecule has 0 spiro atoms. The fourth-order valence-electron chi connectivity index (χ4n) is 3.21. The Morgan fingerprint density at radius 2 is 2.00 bits per heavy atom. The third-order valence-electron chi connectivity index (χ3n) is 4.69. The number of anilines is 1. The molecule has 0 bridgehead atoms. The van der Waals surface area contributed by atoms with Gasteiger partial charge in [-0.1, -0.05) is 6.07 Å². The summed E-state index contributed by atoms with van der Waals surface area (Å²) in [7, 11) is 1.74. The zero-order valence-corrected chi connectivity index (χ0v) is 14.5. The monoisotopic (exact) mass is 374 g/mol. The molecule has 5 nitrogen and oxygen atoms in total. The second kappa shape index (κ2) is 6.37. The molecular formula is C19H17F3N4O. The summed E-state index contributed by atoms with van der Waals surface area (Å²) >= 11 is 0. The van der Waals surface area contributed by atoms with Crippen molar-refractivity contribution < 1.29 is 18.0 Å². The lowest BCUT2D eigenvalue weighted by molar-refractivity contribution is -0.141. The predicted octanol–water partition coefficient (Wildman–Crippen LogP) is 4.10. The van der Waals surface area contributed by atoms with Crippen molar-refractivity contribution in [1.29, 1.82) is 0 Å². The van der Waals surface area contributed by atoms with E-state index in [1.807, 2.05) is 6.07 Å². The van der Waals surface area contributed by atoms with Crippen LogP contribution in [0.1, 0.15) is 35.8 Å². The molecule has 0 radical (unpaired) electrons. The third kappa shape index (κ3) is 3.15. The van der Waals surface area contributed by atoms with E-state index < -0.39 is 11.9 Å². The number of benzene rings is 1. The minimum atomic E-state index is -4.52. The maximum absolute atomic E-state index is 13.1. The van der Waals surface area contributed by atoms with Gasteiger partial charge in [0.1, 0.15) is 23.3 Å². The molecule has 0 unspecified atom stereocenters. The van der Waals surface area contributed by atoms with Crippen molar-refractivity contribution in [2.45, 2.75) is 31.4 Å². The van der Waals surface area contributed by atoms with E-state index in [4.69, 9.17) is 0 Å². The number of nitrogens with one attached hydrogen (secondary N) is 1. The number of alkyl halides is 3. The second-order valence-electron chi connectivity index (χ2n) is 6.58. The van der Waals surface area contributed by atoms with Gasteiger partial charge in [-0.3, -0.25) is 4.57 Å². The molecule has 1 aliphatic carbocycles. The first-order chi connectivity index (χ1) is 12.9. The minimum absolute atomic E-state index is 0.192. The van der Waals surface area contributed by atoms with Gasteiger partial charge in [0.25, 0.3) is 0 Å². The number of halogens is 3. The van der Waals surface area contributed by atoms with E-state index in [1.165, 1.54) is 6.07 Å². The zero-order valence-electron chi connectivity index (χ0n) is 14.5. The highest BCUT2D eigenvalue weighted by Crippen LogP contribution is 2.42. The summed E-state index contributed by atoms with van der Waals surface area (Å²) in [5.74, 6) is 0.947. The molecule has 2 aromatic heterocycles. The zero-order chi connectivity index (χ0) is 19.2. The number of carbonyl (C=O) groups excluding carboxylic acids is 1. The maximum atomic E-state index is 13.1. The number of aldehydes is 1. The minimum Gasteiger partial charge on any atom is -0.388 e. The molecule has 0 aliphatic heterocycles. The Balaban J connectivity index is 1.94. The normalized spacial score (nSPS) is 14.5. The number of aromatic nitrogens is 3. The van der Waals surface area contributed by atoms with Gasteiger partial charge in [-0.2, -0.15) is 13.2 Å². The number of rotatable bonds is 5. The first-order valence-electron chi connectivity index (χ1n) is 8.63. The van der Waals surface area contributed by atoms with E-state index in [-0.39, 0.29) is 18.0 Å². The fraction of sp³-hybridized carbons (Fsp3) is 0.316. The van der Waals surface area contributed by atoms with E-state index >= 15 is 0 Å². The van der Waals surface area contributed by atoms with Crippen LogP contribution < -0.4 is 5.32 Å². The Hall–Kier alpha value is -2.90. The highest BCUT2D eigenvalue weighted by Gasteiger charge is 2.35. The average Bonchev–Trinajstić information content (AvgIpc) is 3.41. The van der Waals surface area contributed by atoms with E-state index in [2.05, 4.69) is 15.3 Å². The Morgan fingerprint density at radius 3 is 2.63 bits per heavy atom. The van der Waals surface area contributed by atoms with Crippen molar-refractivity contribution >= 4 is 23.1 Å². The SMILES string of the molecule is CNc1cc(-n2c(C3CC3)nc3ccc(C(F)(F)F)nc32)ccc1CC=O. The van der Waals surface area contributed by atoms with Crippen LogP contribution in [0, 0.1) is 0 Å². The van der Waals surface area contributed by atoms with Crippen molar-refractivity contribution in [1.82, 2.24) is 14.5 Å². The van der Waals surface area contributed by atoms with Crippen molar-refractivity contribution in [2.75, 3.05) is 12.4 Å². The summed E-state index contributed by atoms with van der Waals surface area (Å²) in [6, 6.07) is 7.73. The number of pyridine rings is 1. The fourth-order valence-corrected chi connectivity index (χ4v) is 3.21. The Kier molecular flexibility index (Phi) is 4.13. The molecule has 8 heteroatoms. The quantitative estimate of drug-likeness (QED) is 0.683. The summed E-state index contributed by atoms with van der Waals surface area (Å²) in [6.07, 6.45) is -1.54. The van der Waals surface area contributed by atoms with Crippen LogP contribution in [0.15, 0.2) is 30.3 Å². The topological polar surface area (TPSA) is 59.8 Å². The largest absolute Gasteiger partial charge is 0.433 e. The average molecular weight is 374 g/mol. The molecule has 0 saturated heterocycles. The number of imidazole rings is 1. The lowest BCUT2D eigenvalue weighted by atomic mass is 10.1. The Morgan fingerprint density at radius 1 is 1.22 bits per heavy atom. The summed E-state index contributed by atoms with van der Waals surface area (Å²) < 4.78 is 41.1. The molecule has 2 heterocycles. The van der Waals surface area contributed by atoms with Crippen molar-refractivity contribution in [3.8, 4) is 5.69 Å². The molecule has 1 fully saturated rings. The maximum Gasteiger partial charge on any atom is 0.433 e. The van der Waals surface area contributed by atoms with E-state index in [1.54, 1.807) is 23.7 Å². The van der Waals surface area contributed by atoms with Crippen LogP contribution in [0.25, 0.3) is 16.9 Å². The van der Waals surface area contributed by atoms with Gasteiger partial charge in [-0.15, -0.1) is 0 Å². The Bertz CT molecular complexity index is 1020. The molecule has 4 rings (SSSR count). The van der Waals surface area contributed by atoms with Crippen LogP contribution in [0.4, 0.5) is 18.9 Å². The number of hydrogen-bond donors (Lipinski definition) is 1. The Labute approximate surface area is 153 Å². The van der Waals surface area contributed by atoms with E-state index in [9.17, 15) is 18.0 Å². The first kappa shape index (κ1) is 17.5. The molecule has 1 saturated carbocycles. The van der Waals surface area contributed by atoms with Crippen LogP contribution in [0.3, 0.4) is 0 Å². The van der Waals surface area contributed by atoms with Gasteiger partial charge >= 0.3 is 6.18 Å². The third-order valence-corrected chi connectivity index (χ3v) is 4.69. The van der Waals surface area contributed by atoms with E-state index in [0.29, 0.717) is 11.2 Å². The molecule has 0 atom stereocenters. The molecule has 140 valence electrons. The molecule has 3 aromatic rings.